The minimum atomic E-state index is -0.599. The molecule has 0 spiro atoms. The van der Waals surface area contributed by atoms with Crippen LogP contribution in [-0.4, -0.2) is 22.7 Å². The highest BCUT2D eigenvalue weighted by atomic mass is 19.1. The van der Waals surface area contributed by atoms with Gasteiger partial charge in [-0.15, -0.1) is 0 Å². The van der Waals surface area contributed by atoms with E-state index in [-0.39, 0.29) is 5.56 Å². The zero-order valence-electron chi connectivity index (χ0n) is 9.48. The Balaban J connectivity index is 2.37. The van der Waals surface area contributed by atoms with Crippen LogP contribution < -0.4 is 4.74 Å². The Hall–Kier alpha value is -2.17. The molecule has 1 aromatic carbocycles. The maximum Gasteiger partial charge on any atom is 0.199 e. The molecule has 0 aliphatic carbocycles. The average Bonchev–Trinajstić information content (AvgIpc) is 2.75. The lowest BCUT2D eigenvalue weighted by atomic mass is 10.1. The number of nitrogens with zero attached hydrogens (tertiary/aromatic N) is 2. The molecule has 1 aromatic heterocycles. The van der Waals surface area contributed by atoms with Gasteiger partial charge >= 0.3 is 0 Å². The smallest absolute Gasteiger partial charge is 0.199 e. The SMILES string of the molecule is COc1ccc(C(=O)c2cnn(C)c2)c(F)c1. The molecule has 0 aliphatic heterocycles. The Labute approximate surface area is 97.6 Å². The van der Waals surface area contributed by atoms with E-state index in [1.807, 2.05) is 0 Å². The van der Waals surface area contributed by atoms with Crippen molar-refractivity contribution in [1.29, 1.82) is 0 Å². The van der Waals surface area contributed by atoms with E-state index in [2.05, 4.69) is 5.10 Å². The van der Waals surface area contributed by atoms with E-state index in [0.29, 0.717) is 11.3 Å². The number of methoxy groups -OCH3 is 1. The number of carbonyl (C=O) groups excluding carboxylic acids is 1. The Morgan fingerprint density at radius 3 is 2.76 bits per heavy atom. The van der Waals surface area contributed by atoms with Gasteiger partial charge in [-0.2, -0.15) is 5.10 Å². The van der Waals surface area contributed by atoms with Crippen LogP contribution in [0.1, 0.15) is 15.9 Å². The lowest BCUT2D eigenvalue weighted by molar-refractivity contribution is 0.103. The van der Waals surface area contributed by atoms with E-state index < -0.39 is 11.6 Å². The second-order valence-corrected chi connectivity index (χ2v) is 3.58. The number of ketones is 1. The van der Waals surface area contributed by atoms with Gasteiger partial charge in [-0.05, 0) is 12.1 Å². The van der Waals surface area contributed by atoms with Gasteiger partial charge in [0.25, 0.3) is 0 Å². The lowest BCUT2D eigenvalue weighted by Gasteiger charge is -2.03. The normalized spacial score (nSPS) is 10.3. The van der Waals surface area contributed by atoms with Gasteiger partial charge in [-0.3, -0.25) is 9.48 Å². The van der Waals surface area contributed by atoms with Crippen molar-refractivity contribution in [2.75, 3.05) is 7.11 Å². The minimum Gasteiger partial charge on any atom is -0.497 e. The van der Waals surface area contributed by atoms with Crippen LogP contribution in [0.4, 0.5) is 4.39 Å². The van der Waals surface area contributed by atoms with Gasteiger partial charge in [0.2, 0.25) is 0 Å². The van der Waals surface area contributed by atoms with Crippen molar-refractivity contribution in [3.05, 3.63) is 47.5 Å². The number of ether oxygens (including phenoxy) is 1. The van der Waals surface area contributed by atoms with E-state index in [0.717, 1.165) is 0 Å². The number of carbonyl (C=O) groups is 1. The van der Waals surface area contributed by atoms with Crippen molar-refractivity contribution >= 4 is 5.78 Å². The molecule has 0 fully saturated rings. The second kappa shape index (κ2) is 4.37. The molecule has 1 heterocycles. The average molecular weight is 234 g/mol. The van der Waals surface area contributed by atoms with Crippen LogP contribution in [0.3, 0.4) is 0 Å². The van der Waals surface area contributed by atoms with Crippen LogP contribution >= 0.6 is 0 Å². The van der Waals surface area contributed by atoms with Crippen LogP contribution in [0.5, 0.6) is 5.75 Å². The molecule has 2 rings (SSSR count). The molecule has 0 radical (unpaired) electrons. The predicted octanol–water partition coefficient (Wildman–Crippen LogP) is 1.80. The predicted molar refractivity (Wildman–Crippen MR) is 59.6 cm³/mol. The van der Waals surface area contributed by atoms with Crippen molar-refractivity contribution in [2.45, 2.75) is 0 Å². The van der Waals surface area contributed by atoms with Crippen LogP contribution in [0.25, 0.3) is 0 Å². The first-order chi connectivity index (χ1) is 8.11. The number of rotatable bonds is 3. The van der Waals surface area contributed by atoms with Crippen molar-refractivity contribution < 1.29 is 13.9 Å². The third-order valence-corrected chi connectivity index (χ3v) is 2.39. The van der Waals surface area contributed by atoms with Gasteiger partial charge in [0, 0.05) is 19.3 Å². The van der Waals surface area contributed by atoms with Crippen molar-refractivity contribution in [3.8, 4) is 5.75 Å². The van der Waals surface area contributed by atoms with Gasteiger partial charge in [-0.1, -0.05) is 0 Å². The van der Waals surface area contributed by atoms with Gasteiger partial charge in [0.05, 0.1) is 24.4 Å². The van der Waals surface area contributed by atoms with Crippen LogP contribution in [0.2, 0.25) is 0 Å². The summed E-state index contributed by atoms with van der Waals surface area (Å²) in [6, 6.07) is 4.14. The summed E-state index contributed by atoms with van der Waals surface area (Å²) in [5, 5.41) is 3.88. The summed E-state index contributed by atoms with van der Waals surface area (Å²) >= 11 is 0. The quantitative estimate of drug-likeness (QED) is 0.760. The molecule has 0 saturated heterocycles. The fraction of sp³-hybridized carbons (Fsp3) is 0.167. The Morgan fingerprint density at radius 1 is 1.47 bits per heavy atom. The summed E-state index contributed by atoms with van der Waals surface area (Å²) in [5.74, 6) is -0.610. The number of aryl methyl sites for hydroxylation is 1. The Bertz CT molecular complexity index is 563. The third kappa shape index (κ3) is 2.18. The van der Waals surface area contributed by atoms with E-state index in [4.69, 9.17) is 4.74 Å². The first kappa shape index (κ1) is 11.3. The lowest BCUT2D eigenvalue weighted by Crippen LogP contribution is -2.03. The van der Waals surface area contributed by atoms with E-state index in [9.17, 15) is 9.18 Å². The molecule has 0 saturated carbocycles. The summed E-state index contributed by atoms with van der Waals surface area (Å²) in [6.07, 6.45) is 2.96. The zero-order valence-corrected chi connectivity index (χ0v) is 9.48. The van der Waals surface area contributed by atoms with Gasteiger partial charge in [-0.25, -0.2) is 4.39 Å². The third-order valence-electron chi connectivity index (χ3n) is 2.39. The van der Waals surface area contributed by atoms with Crippen LogP contribution in [0, 0.1) is 5.82 Å². The number of hydrogen-bond acceptors (Lipinski definition) is 3. The zero-order chi connectivity index (χ0) is 12.4. The van der Waals surface area contributed by atoms with E-state index in [1.165, 1.54) is 30.1 Å². The fourth-order valence-corrected chi connectivity index (χ4v) is 1.50. The molecule has 17 heavy (non-hydrogen) atoms. The van der Waals surface area contributed by atoms with Gasteiger partial charge < -0.3 is 4.74 Å². The molecule has 0 aliphatic rings. The maximum absolute atomic E-state index is 13.7. The van der Waals surface area contributed by atoms with Crippen molar-refractivity contribution in [3.63, 3.8) is 0 Å². The van der Waals surface area contributed by atoms with Gasteiger partial charge in [0.15, 0.2) is 5.78 Å². The molecule has 2 aromatic rings. The van der Waals surface area contributed by atoms with E-state index in [1.54, 1.807) is 19.3 Å². The van der Waals surface area contributed by atoms with Crippen molar-refractivity contribution in [1.82, 2.24) is 9.78 Å². The van der Waals surface area contributed by atoms with Crippen molar-refractivity contribution in [2.24, 2.45) is 7.05 Å². The largest absolute Gasteiger partial charge is 0.497 e. The molecule has 0 amide bonds. The first-order valence-electron chi connectivity index (χ1n) is 4.98. The summed E-state index contributed by atoms with van der Waals surface area (Å²) in [4.78, 5) is 11.9. The maximum atomic E-state index is 13.7. The number of benzene rings is 1. The topological polar surface area (TPSA) is 44.1 Å². The minimum absolute atomic E-state index is 0.0128. The molecular weight excluding hydrogens is 223 g/mol. The van der Waals surface area contributed by atoms with Crippen LogP contribution in [-0.2, 0) is 7.05 Å². The highest BCUT2D eigenvalue weighted by Gasteiger charge is 2.15. The molecule has 0 atom stereocenters. The summed E-state index contributed by atoms with van der Waals surface area (Å²) in [6.45, 7) is 0. The van der Waals surface area contributed by atoms with Crippen LogP contribution in [0.15, 0.2) is 30.6 Å². The molecular formula is C12H11FN2O2. The first-order valence-corrected chi connectivity index (χ1v) is 4.98. The Kier molecular flexibility index (Phi) is 2.91. The molecule has 0 N–H and O–H groups in total. The second-order valence-electron chi connectivity index (χ2n) is 3.58. The van der Waals surface area contributed by atoms with Gasteiger partial charge in [0.1, 0.15) is 11.6 Å². The number of hydrogen-bond donors (Lipinski definition) is 0. The highest BCUT2D eigenvalue weighted by molar-refractivity contribution is 6.08. The summed E-state index contributed by atoms with van der Waals surface area (Å²) in [7, 11) is 3.14. The molecule has 0 unspecified atom stereocenters. The Morgan fingerprint density at radius 2 is 2.24 bits per heavy atom. The monoisotopic (exact) mass is 234 g/mol. The van der Waals surface area contributed by atoms with E-state index >= 15 is 0 Å². The molecule has 88 valence electrons. The molecule has 5 heteroatoms. The number of aromatic nitrogens is 2. The number of halogens is 1. The molecule has 0 bridgehead atoms. The summed E-state index contributed by atoms with van der Waals surface area (Å²) in [5.41, 5.74) is 0.371. The standard InChI is InChI=1S/C12H11FN2O2/c1-15-7-8(6-14-15)12(16)10-4-3-9(17-2)5-11(10)13/h3-7H,1-2H3. The molecule has 4 nitrogen and oxygen atoms in total. The highest BCUT2D eigenvalue weighted by Crippen LogP contribution is 2.18. The fourth-order valence-electron chi connectivity index (χ4n) is 1.50. The summed E-state index contributed by atoms with van der Waals surface area (Å²) < 4.78 is 20.0.